The van der Waals surface area contributed by atoms with Gasteiger partial charge < -0.3 is 4.74 Å². The van der Waals surface area contributed by atoms with Gasteiger partial charge in [0.1, 0.15) is 11.4 Å². The van der Waals surface area contributed by atoms with Gasteiger partial charge in [0.25, 0.3) is 0 Å². The van der Waals surface area contributed by atoms with Crippen LogP contribution >= 0.6 is 11.3 Å². The lowest BCUT2D eigenvalue weighted by Gasteiger charge is -2.04. The maximum atomic E-state index is 11.6. The first kappa shape index (κ1) is 11.7. The van der Waals surface area contributed by atoms with Crippen LogP contribution in [0.5, 0.6) is 0 Å². The molecule has 6 heteroatoms. The molecule has 0 saturated heterocycles. The molecule has 0 spiro atoms. The van der Waals surface area contributed by atoms with E-state index < -0.39 is 5.97 Å². The summed E-state index contributed by atoms with van der Waals surface area (Å²) in [6, 6.07) is 0. The fourth-order valence-corrected chi connectivity index (χ4v) is 1.87. The van der Waals surface area contributed by atoms with Gasteiger partial charge in [-0.25, -0.2) is 9.78 Å². The molecule has 0 saturated carbocycles. The second-order valence-corrected chi connectivity index (χ2v) is 4.44. The third-order valence-electron chi connectivity index (χ3n) is 1.85. The molecular weight excluding hydrogens is 238 g/mol. The van der Waals surface area contributed by atoms with Gasteiger partial charge in [0.05, 0.1) is 12.3 Å². The van der Waals surface area contributed by atoms with E-state index in [0.29, 0.717) is 16.4 Å². The summed E-state index contributed by atoms with van der Waals surface area (Å²) in [5.41, 5.74) is 1.28. The summed E-state index contributed by atoms with van der Waals surface area (Å²) < 4.78 is 5.06. The van der Waals surface area contributed by atoms with Crippen LogP contribution in [0, 0.1) is 0 Å². The van der Waals surface area contributed by atoms with Crippen molar-refractivity contribution in [2.75, 3.05) is 0 Å². The van der Waals surface area contributed by atoms with Crippen molar-refractivity contribution in [1.82, 2.24) is 15.0 Å². The molecule has 0 unspecified atom stereocenters. The zero-order valence-corrected chi connectivity index (χ0v) is 10.3. The normalized spacial score (nSPS) is 10.5. The molecular formula is C11H11N3O2S. The monoisotopic (exact) mass is 249 g/mol. The molecule has 0 N–H and O–H groups in total. The number of nitrogens with zero attached hydrogens (tertiary/aromatic N) is 3. The summed E-state index contributed by atoms with van der Waals surface area (Å²) in [5, 5.41) is 2.10. The zero-order chi connectivity index (χ0) is 12.3. The quantitative estimate of drug-likeness (QED) is 0.780. The second-order valence-electron chi connectivity index (χ2n) is 3.58. The maximum absolute atomic E-state index is 11.6. The average molecular weight is 249 g/mol. The smallest absolute Gasteiger partial charge is 0.367 e. The number of thiazole rings is 1. The third kappa shape index (κ3) is 2.85. The summed E-state index contributed by atoms with van der Waals surface area (Å²) in [4.78, 5) is 23.8. The van der Waals surface area contributed by atoms with Crippen molar-refractivity contribution in [3.05, 3.63) is 29.0 Å². The van der Waals surface area contributed by atoms with Crippen molar-refractivity contribution in [1.29, 1.82) is 0 Å². The fraction of sp³-hybridized carbons (Fsp3) is 0.273. The van der Waals surface area contributed by atoms with Gasteiger partial charge in [0.2, 0.25) is 5.01 Å². The van der Waals surface area contributed by atoms with Crippen LogP contribution in [-0.4, -0.2) is 27.0 Å². The Hall–Kier alpha value is -1.82. The molecule has 2 aromatic rings. The van der Waals surface area contributed by atoms with E-state index in [-0.39, 0.29) is 6.10 Å². The molecule has 0 aliphatic heterocycles. The number of ether oxygens (including phenoxy) is 1. The minimum absolute atomic E-state index is 0.147. The summed E-state index contributed by atoms with van der Waals surface area (Å²) in [6.45, 7) is 3.60. The Morgan fingerprint density at radius 3 is 2.82 bits per heavy atom. The van der Waals surface area contributed by atoms with Gasteiger partial charge in [0.15, 0.2) is 0 Å². The highest BCUT2D eigenvalue weighted by molar-refractivity contribution is 7.11. The molecule has 0 bridgehead atoms. The Morgan fingerprint density at radius 1 is 1.35 bits per heavy atom. The van der Waals surface area contributed by atoms with Crippen LogP contribution in [0.15, 0.2) is 24.0 Å². The van der Waals surface area contributed by atoms with Crippen LogP contribution in [0.3, 0.4) is 0 Å². The molecule has 0 fully saturated rings. The van der Waals surface area contributed by atoms with Gasteiger partial charge in [-0.3, -0.25) is 9.97 Å². The van der Waals surface area contributed by atoms with Crippen LogP contribution in [0.1, 0.15) is 23.6 Å². The van der Waals surface area contributed by atoms with E-state index in [0.717, 1.165) is 0 Å². The molecule has 0 atom stereocenters. The maximum Gasteiger partial charge on any atom is 0.367 e. The first-order valence-electron chi connectivity index (χ1n) is 5.09. The minimum Gasteiger partial charge on any atom is -0.458 e. The number of hydrogen-bond acceptors (Lipinski definition) is 6. The molecule has 0 aliphatic carbocycles. The van der Waals surface area contributed by atoms with Gasteiger partial charge in [0, 0.05) is 17.8 Å². The Kier molecular flexibility index (Phi) is 3.43. The van der Waals surface area contributed by atoms with Gasteiger partial charge >= 0.3 is 5.97 Å². The van der Waals surface area contributed by atoms with Crippen molar-refractivity contribution in [2.24, 2.45) is 0 Å². The lowest BCUT2D eigenvalue weighted by molar-refractivity contribution is 0.0377. The van der Waals surface area contributed by atoms with E-state index in [1.165, 1.54) is 11.3 Å². The summed E-state index contributed by atoms with van der Waals surface area (Å²) in [5.74, 6) is -0.403. The standard InChI is InChI=1S/C11H11N3O2S/c1-7(2)16-11(15)10-14-9(6-17-10)8-5-12-3-4-13-8/h3-7H,1-2H3. The number of esters is 1. The number of carbonyl (C=O) groups is 1. The molecule has 5 nitrogen and oxygen atoms in total. The number of aromatic nitrogens is 3. The van der Waals surface area contributed by atoms with E-state index in [9.17, 15) is 4.79 Å². The Morgan fingerprint density at radius 2 is 2.18 bits per heavy atom. The number of carbonyl (C=O) groups excluding carboxylic acids is 1. The SMILES string of the molecule is CC(C)OC(=O)c1nc(-c2cnccn2)cs1. The Labute approximate surface area is 103 Å². The molecule has 17 heavy (non-hydrogen) atoms. The molecule has 0 aliphatic rings. The Bertz CT molecular complexity index is 510. The third-order valence-corrected chi connectivity index (χ3v) is 2.67. The van der Waals surface area contributed by atoms with Crippen molar-refractivity contribution in [2.45, 2.75) is 20.0 Å². The van der Waals surface area contributed by atoms with E-state index >= 15 is 0 Å². The van der Waals surface area contributed by atoms with Gasteiger partial charge in [-0.2, -0.15) is 0 Å². The van der Waals surface area contributed by atoms with Crippen molar-refractivity contribution >= 4 is 17.3 Å². The zero-order valence-electron chi connectivity index (χ0n) is 9.45. The minimum atomic E-state index is -0.403. The first-order valence-corrected chi connectivity index (χ1v) is 5.97. The largest absolute Gasteiger partial charge is 0.458 e. The lowest BCUT2D eigenvalue weighted by Crippen LogP contribution is -2.11. The number of hydrogen-bond donors (Lipinski definition) is 0. The molecule has 0 radical (unpaired) electrons. The van der Waals surface area contributed by atoms with E-state index in [2.05, 4.69) is 15.0 Å². The van der Waals surface area contributed by atoms with Crippen LogP contribution in [-0.2, 0) is 4.74 Å². The highest BCUT2D eigenvalue weighted by atomic mass is 32.1. The lowest BCUT2D eigenvalue weighted by atomic mass is 10.3. The second kappa shape index (κ2) is 5.01. The average Bonchev–Trinajstić information content (AvgIpc) is 2.78. The first-order chi connectivity index (χ1) is 8.16. The Balaban J connectivity index is 2.19. The van der Waals surface area contributed by atoms with Gasteiger partial charge in [-0.05, 0) is 13.8 Å². The van der Waals surface area contributed by atoms with Gasteiger partial charge in [-0.1, -0.05) is 0 Å². The predicted molar refractivity (Wildman–Crippen MR) is 63.7 cm³/mol. The van der Waals surface area contributed by atoms with E-state index in [4.69, 9.17) is 4.74 Å². The summed E-state index contributed by atoms with van der Waals surface area (Å²) in [6.07, 6.45) is 4.63. The molecule has 2 aromatic heterocycles. The van der Waals surface area contributed by atoms with Crippen LogP contribution in [0.4, 0.5) is 0 Å². The molecule has 0 amide bonds. The molecule has 2 heterocycles. The highest BCUT2D eigenvalue weighted by Gasteiger charge is 2.15. The predicted octanol–water partition coefficient (Wildman–Crippen LogP) is 2.17. The van der Waals surface area contributed by atoms with Crippen molar-refractivity contribution < 1.29 is 9.53 Å². The van der Waals surface area contributed by atoms with E-state index in [1.54, 1.807) is 37.8 Å². The van der Waals surface area contributed by atoms with Crippen molar-refractivity contribution in [3.63, 3.8) is 0 Å². The summed E-state index contributed by atoms with van der Waals surface area (Å²) >= 11 is 1.24. The highest BCUT2D eigenvalue weighted by Crippen LogP contribution is 2.19. The van der Waals surface area contributed by atoms with Crippen LogP contribution < -0.4 is 0 Å². The molecule has 88 valence electrons. The summed E-state index contributed by atoms with van der Waals surface area (Å²) in [7, 11) is 0. The van der Waals surface area contributed by atoms with Crippen LogP contribution in [0.2, 0.25) is 0 Å². The van der Waals surface area contributed by atoms with Gasteiger partial charge in [-0.15, -0.1) is 11.3 Å². The number of rotatable bonds is 3. The topological polar surface area (TPSA) is 65.0 Å². The van der Waals surface area contributed by atoms with E-state index in [1.807, 2.05) is 0 Å². The fourth-order valence-electron chi connectivity index (χ4n) is 1.18. The molecule has 2 rings (SSSR count). The molecule has 0 aromatic carbocycles. The van der Waals surface area contributed by atoms with Crippen LogP contribution in [0.25, 0.3) is 11.4 Å². The van der Waals surface area contributed by atoms with Crippen molar-refractivity contribution in [3.8, 4) is 11.4 Å².